The Balaban J connectivity index is 1.37. The first-order valence-electron chi connectivity index (χ1n) is 9.57. The molecule has 1 aliphatic carbocycles. The SMILES string of the molecule is Oc1c(F)cc(C(O)CN2C[C@H]3C[C@H](Oc4ccc(F)cc4F)C[C@@]3(O)C2)cc1F. The largest absolute Gasteiger partial charge is 0.503 e. The lowest BCUT2D eigenvalue weighted by Crippen LogP contribution is -2.36. The molecule has 3 N–H and O–H groups in total. The molecule has 1 saturated heterocycles. The summed E-state index contributed by atoms with van der Waals surface area (Å²) in [5.74, 6) is -5.19. The van der Waals surface area contributed by atoms with Crippen LogP contribution in [0.3, 0.4) is 0 Å². The number of hydrogen-bond acceptors (Lipinski definition) is 5. The smallest absolute Gasteiger partial charge is 0.187 e. The molecule has 2 fully saturated rings. The Hall–Kier alpha value is -2.36. The molecule has 1 saturated carbocycles. The summed E-state index contributed by atoms with van der Waals surface area (Å²) in [5.41, 5.74) is -1.12. The molecule has 2 aliphatic rings. The normalized spacial score (nSPS) is 27.3. The van der Waals surface area contributed by atoms with E-state index >= 15 is 0 Å². The van der Waals surface area contributed by atoms with Crippen molar-refractivity contribution < 1.29 is 37.6 Å². The third-order valence-electron chi connectivity index (χ3n) is 5.91. The molecule has 0 radical (unpaired) electrons. The van der Waals surface area contributed by atoms with Gasteiger partial charge in [-0.25, -0.2) is 17.6 Å². The van der Waals surface area contributed by atoms with Gasteiger partial charge >= 0.3 is 0 Å². The van der Waals surface area contributed by atoms with Gasteiger partial charge < -0.3 is 20.1 Å². The summed E-state index contributed by atoms with van der Waals surface area (Å²) in [7, 11) is 0. The van der Waals surface area contributed by atoms with Crippen LogP contribution in [0.5, 0.6) is 11.5 Å². The number of hydrogen-bond donors (Lipinski definition) is 3. The summed E-state index contributed by atoms with van der Waals surface area (Å²) < 4.78 is 59.5. The molecule has 2 aromatic carbocycles. The molecule has 162 valence electrons. The maximum Gasteiger partial charge on any atom is 0.187 e. The van der Waals surface area contributed by atoms with E-state index in [1.165, 1.54) is 6.07 Å². The number of aromatic hydroxyl groups is 1. The standard InChI is InChI=1S/C21H21F4NO4/c22-13-1-2-19(15(23)6-13)30-14-5-12-8-26(10-21(12,29)7-14)9-18(27)11-3-16(24)20(28)17(25)4-11/h1-4,6,12,14,18,27-29H,5,7-10H2/t12-,14+,18?,21-/m1/s1. The molecule has 0 amide bonds. The number of fused-ring (bicyclic) bond motifs is 1. The van der Waals surface area contributed by atoms with E-state index in [0.717, 1.165) is 24.3 Å². The number of halogens is 4. The van der Waals surface area contributed by atoms with Crippen LogP contribution in [0.25, 0.3) is 0 Å². The van der Waals surface area contributed by atoms with E-state index < -0.39 is 46.8 Å². The highest BCUT2D eigenvalue weighted by molar-refractivity contribution is 5.31. The molecular weight excluding hydrogens is 406 g/mol. The molecule has 1 unspecified atom stereocenters. The van der Waals surface area contributed by atoms with Crippen LogP contribution in [-0.4, -0.2) is 51.6 Å². The van der Waals surface area contributed by atoms with Crippen LogP contribution in [0.4, 0.5) is 17.6 Å². The topological polar surface area (TPSA) is 73.2 Å². The van der Waals surface area contributed by atoms with Gasteiger partial charge in [0.15, 0.2) is 29.0 Å². The number of aliphatic hydroxyl groups is 2. The molecule has 9 heteroatoms. The third-order valence-corrected chi connectivity index (χ3v) is 5.91. The Morgan fingerprint density at radius 3 is 2.43 bits per heavy atom. The van der Waals surface area contributed by atoms with Crippen molar-refractivity contribution in [1.82, 2.24) is 4.90 Å². The highest BCUT2D eigenvalue weighted by atomic mass is 19.1. The Labute approximate surface area is 170 Å². The lowest BCUT2D eigenvalue weighted by Gasteiger charge is -2.25. The van der Waals surface area contributed by atoms with Crippen molar-refractivity contribution in [3.05, 3.63) is 59.2 Å². The summed E-state index contributed by atoms with van der Waals surface area (Å²) in [5, 5.41) is 30.5. The lowest BCUT2D eigenvalue weighted by atomic mass is 9.95. The minimum atomic E-state index is -1.21. The number of phenolic OH excluding ortho intramolecular Hbond substituents is 1. The summed E-state index contributed by atoms with van der Waals surface area (Å²) in [4.78, 5) is 1.78. The minimum Gasteiger partial charge on any atom is -0.503 e. The fourth-order valence-electron chi connectivity index (χ4n) is 4.49. The fourth-order valence-corrected chi connectivity index (χ4v) is 4.49. The van der Waals surface area contributed by atoms with Crippen LogP contribution in [0.15, 0.2) is 30.3 Å². The van der Waals surface area contributed by atoms with Crippen molar-refractivity contribution in [2.75, 3.05) is 19.6 Å². The van der Waals surface area contributed by atoms with Crippen molar-refractivity contribution in [3.8, 4) is 11.5 Å². The van der Waals surface area contributed by atoms with E-state index in [1.807, 2.05) is 0 Å². The van der Waals surface area contributed by atoms with E-state index in [-0.39, 0.29) is 36.7 Å². The van der Waals surface area contributed by atoms with Crippen molar-refractivity contribution in [2.24, 2.45) is 5.92 Å². The first-order valence-corrected chi connectivity index (χ1v) is 9.57. The number of rotatable bonds is 5. The molecule has 2 aromatic rings. The molecule has 30 heavy (non-hydrogen) atoms. The average molecular weight is 427 g/mol. The van der Waals surface area contributed by atoms with Crippen LogP contribution in [0.1, 0.15) is 24.5 Å². The van der Waals surface area contributed by atoms with Gasteiger partial charge in [-0.3, -0.25) is 4.90 Å². The van der Waals surface area contributed by atoms with Crippen LogP contribution in [-0.2, 0) is 0 Å². The zero-order valence-electron chi connectivity index (χ0n) is 15.9. The third kappa shape index (κ3) is 3.97. The molecule has 4 rings (SSSR count). The monoisotopic (exact) mass is 427 g/mol. The van der Waals surface area contributed by atoms with Crippen LogP contribution < -0.4 is 4.74 Å². The number of phenols is 1. The molecule has 0 aromatic heterocycles. The Morgan fingerprint density at radius 2 is 1.80 bits per heavy atom. The van der Waals surface area contributed by atoms with Gasteiger partial charge in [-0.2, -0.15) is 0 Å². The highest BCUT2D eigenvalue weighted by Gasteiger charge is 2.53. The molecule has 0 spiro atoms. The molecule has 5 nitrogen and oxygen atoms in total. The van der Waals surface area contributed by atoms with E-state index in [0.29, 0.717) is 13.0 Å². The number of likely N-dealkylation sites (tertiary alicyclic amines) is 1. The van der Waals surface area contributed by atoms with Gasteiger partial charge in [0.05, 0.1) is 11.7 Å². The second-order valence-electron chi connectivity index (χ2n) is 8.10. The Morgan fingerprint density at radius 1 is 1.10 bits per heavy atom. The highest BCUT2D eigenvalue weighted by Crippen LogP contribution is 2.43. The maximum atomic E-state index is 13.8. The van der Waals surface area contributed by atoms with Gasteiger partial charge in [0.1, 0.15) is 11.9 Å². The predicted molar refractivity (Wildman–Crippen MR) is 97.9 cm³/mol. The fraction of sp³-hybridized carbons (Fsp3) is 0.429. The van der Waals surface area contributed by atoms with Crippen molar-refractivity contribution >= 4 is 0 Å². The quantitative estimate of drug-likeness (QED) is 0.640. The van der Waals surface area contributed by atoms with Gasteiger partial charge in [-0.15, -0.1) is 0 Å². The van der Waals surface area contributed by atoms with Gasteiger partial charge in [0, 0.05) is 38.0 Å². The minimum absolute atomic E-state index is 0.0140. The zero-order chi connectivity index (χ0) is 21.6. The van der Waals surface area contributed by atoms with Crippen LogP contribution >= 0.6 is 0 Å². The van der Waals surface area contributed by atoms with E-state index in [4.69, 9.17) is 4.74 Å². The van der Waals surface area contributed by atoms with E-state index in [2.05, 4.69) is 0 Å². The second kappa shape index (κ2) is 7.72. The molecular formula is C21H21F4NO4. The van der Waals surface area contributed by atoms with Crippen molar-refractivity contribution in [1.29, 1.82) is 0 Å². The summed E-state index contributed by atoms with van der Waals surface area (Å²) in [6.45, 7) is 0.673. The second-order valence-corrected chi connectivity index (χ2v) is 8.10. The Kier molecular flexibility index (Phi) is 5.37. The van der Waals surface area contributed by atoms with E-state index in [1.54, 1.807) is 4.90 Å². The first-order chi connectivity index (χ1) is 14.1. The van der Waals surface area contributed by atoms with Gasteiger partial charge in [0.25, 0.3) is 0 Å². The summed E-state index contributed by atoms with van der Waals surface area (Å²) in [6.07, 6.45) is -0.962. The molecule has 0 bridgehead atoms. The number of aliphatic hydroxyl groups excluding tert-OH is 1. The lowest BCUT2D eigenvalue weighted by molar-refractivity contribution is 0.0175. The summed E-state index contributed by atoms with van der Waals surface area (Å²) >= 11 is 0. The van der Waals surface area contributed by atoms with E-state index in [9.17, 15) is 32.9 Å². The number of nitrogens with zero attached hydrogens (tertiary/aromatic N) is 1. The number of ether oxygens (including phenoxy) is 1. The first kappa shape index (κ1) is 20.9. The average Bonchev–Trinajstić information content (AvgIpc) is 3.11. The molecule has 4 atom stereocenters. The summed E-state index contributed by atoms with van der Waals surface area (Å²) in [6, 6.07) is 4.78. The van der Waals surface area contributed by atoms with Gasteiger partial charge in [0.2, 0.25) is 0 Å². The number of β-amino-alcohol motifs (C(OH)–C–C–N with tert-alkyl or cyclic N) is 2. The van der Waals surface area contributed by atoms with Crippen molar-refractivity contribution in [2.45, 2.75) is 30.7 Å². The molecule has 1 aliphatic heterocycles. The molecule has 1 heterocycles. The number of benzene rings is 2. The van der Waals surface area contributed by atoms with Crippen LogP contribution in [0.2, 0.25) is 0 Å². The Bertz CT molecular complexity index is 936. The zero-order valence-corrected chi connectivity index (χ0v) is 15.9. The van der Waals surface area contributed by atoms with Crippen LogP contribution in [0, 0.1) is 29.2 Å². The van der Waals surface area contributed by atoms with Gasteiger partial charge in [-0.05, 0) is 36.2 Å². The van der Waals surface area contributed by atoms with Gasteiger partial charge in [-0.1, -0.05) is 0 Å². The van der Waals surface area contributed by atoms with Crippen molar-refractivity contribution in [3.63, 3.8) is 0 Å². The predicted octanol–water partition coefficient (Wildman–Crippen LogP) is 2.89. The maximum absolute atomic E-state index is 13.8.